The first-order chi connectivity index (χ1) is 14.8. The second-order valence-electron chi connectivity index (χ2n) is 11.7. The molecule has 0 unspecified atom stereocenters. The molecule has 4 aliphatic rings. The van der Waals surface area contributed by atoms with E-state index >= 15 is 0 Å². The number of carbonyl (C=O) groups is 1. The SMILES string of the molecule is C[C@@]1(O)CC[C@H]2[C@@H](CC[C@@H]3[C@@H]2CC[C@]2(C)[C@@H](C(=O)CCn4cc(C#N)cn4)CC[C@@H]32)C1. The van der Waals surface area contributed by atoms with E-state index in [-0.39, 0.29) is 11.3 Å². The van der Waals surface area contributed by atoms with Crippen molar-refractivity contribution in [1.29, 1.82) is 5.26 Å². The van der Waals surface area contributed by atoms with Gasteiger partial charge in [0.2, 0.25) is 0 Å². The van der Waals surface area contributed by atoms with Crippen LogP contribution in [0.2, 0.25) is 0 Å². The van der Waals surface area contributed by atoms with Gasteiger partial charge in [0.25, 0.3) is 0 Å². The Labute approximate surface area is 186 Å². The molecule has 0 radical (unpaired) electrons. The Hall–Kier alpha value is -1.67. The fraction of sp³-hybridized carbons (Fsp3) is 0.808. The lowest BCUT2D eigenvalue weighted by Gasteiger charge is -2.56. The van der Waals surface area contributed by atoms with Crippen molar-refractivity contribution in [2.24, 2.45) is 40.9 Å². The first kappa shape index (κ1) is 21.2. The normalized spacial score (nSPS) is 44.1. The fourth-order valence-electron chi connectivity index (χ4n) is 8.55. The van der Waals surface area contributed by atoms with Gasteiger partial charge in [-0.05, 0) is 99.7 Å². The van der Waals surface area contributed by atoms with Gasteiger partial charge in [0.1, 0.15) is 11.9 Å². The minimum atomic E-state index is -0.454. The van der Waals surface area contributed by atoms with Gasteiger partial charge in [-0.15, -0.1) is 0 Å². The Kier molecular flexibility index (Phi) is 5.28. The summed E-state index contributed by atoms with van der Waals surface area (Å²) in [5, 5.41) is 23.8. The largest absolute Gasteiger partial charge is 0.390 e. The van der Waals surface area contributed by atoms with Crippen molar-refractivity contribution in [3.63, 3.8) is 0 Å². The van der Waals surface area contributed by atoms with E-state index in [1.807, 2.05) is 6.92 Å². The van der Waals surface area contributed by atoms with E-state index in [9.17, 15) is 9.90 Å². The number of fused-ring (bicyclic) bond motifs is 5. The molecule has 5 nitrogen and oxygen atoms in total. The summed E-state index contributed by atoms with van der Waals surface area (Å²) in [5.41, 5.74) is 0.260. The van der Waals surface area contributed by atoms with Crippen molar-refractivity contribution in [1.82, 2.24) is 9.78 Å². The van der Waals surface area contributed by atoms with E-state index in [0.717, 1.165) is 37.0 Å². The average Bonchev–Trinajstić information content (AvgIpc) is 3.34. The van der Waals surface area contributed by atoms with E-state index in [1.165, 1.54) is 38.5 Å². The van der Waals surface area contributed by atoms with Gasteiger partial charge in [-0.25, -0.2) is 0 Å². The molecule has 0 amide bonds. The van der Waals surface area contributed by atoms with Gasteiger partial charge in [0.05, 0.1) is 17.4 Å². The number of nitriles is 1. The third kappa shape index (κ3) is 3.65. The van der Waals surface area contributed by atoms with Gasteiger partial charge >= 0.3 is 0 Å². The molecule has 0 bridgehead atoms. The minimum Gasteiger partial charge on any atom is -0.390 e. The van der Waals surface area contributed by atoms with Crippen molar-refractivity contribution in [2.75, 3.05) is 0 Å². The van der Waals surface area contributed by atoms with Gasteiger partial charge in [0.15, 0.2) is 0 Å². The van der Waals surface area contributed by atoms with Crippen LogP contribution < -0.4 is 0 Å². The highest BCUT2D eigenvalue weighted by Crippen LogP contribution is 2.64. The lowest BCUT2D eigenvalue weighted by Crippen LogP contribution is -2.51. The van der Waals surface area contributed by atoms with Crippen LogP contribution in [0.5, 0.6) is 0 Å². The average molecular weight is 424 g/mol. The summed E-state index contributed by atoms with van der Waals surface area (Å²) >= 11 is 0. The molecule has 5 rings (SSSR count). The summed E-state index contributed by atoms with van der Waals surface area (Å²) in [7, 11) is 0. The Morgan fingerprint density at radius 2 is 1.97 bits per heavy atom. The molecule has 5 heteroatoms. The number of rotatable bonds is 4. The molecule has 4 aliphatic carbocycles. The summed E-state index contributed by atoms with van der Waals surface area (Å²) in [4.78, 5) is 13.3. The van der Waals surface area contributed by atoms with E-state index < -0.39 is 5.60 Å². The predicted molar refractivity (Wildman–Crippen MR) is 118 cm³/mol. The molecule has 0 saturated heterocycles. The zero-order chi connectivity index (χ0) is 21.8. The standard InChI is InChI=1S/C26H37N3O2/c1-25(31)10-7-19-18(13-25)3-4-21-20(19)8-11-26(2)22(21)5-6-23(26)24(30)9-12-29-16-17(14-27)15-28-29/h15-16,18-23,31H,3-13H2,1-2H3/t18-,19-,20+,21+,22-,23+,25+,26-/m0/s1. The molecule has 1 aromatic heterocycles. The molecule has 4 saturated carbocycles. The molecule has 1 N–H and O–H groups in total. The third-order valence-corrected chi connectivity index (χ3v) is 9.98. The second kappa shape index (κ2) is 7.73. The highest BCUT2D eigenvalue weighted by molar-refractivity contribution is 5.82. The number of nitrogens with zero attached hydrogens (tertiary/aromatic N) is 3. The summed E-state index contributed by atoms with van der Waals surface area (Å²) in [5.74, 6) is 4.39. The zero-order valence-corrected chi connectivity index (χ0v) is 19.1. The summed E-state index contributed by atoms with van der Waals surface area (Å²) in [6, 6.07) is 2.10. The fourth-order valence-corrected chi connectivity index (χ4v) is 8.55. The summed E-state index contributed by atoms with van der Waals surface area (Å²) in [6.07, 6.45) is 14.3. The van der Waals surface area contributed by atoms with Crippen LogP contribution >= 0.6 is 0 Å². The van der Waals surface area contributed by atoms with Gasteiger partial charge in [-0.3, -0.25) is 9.48 Å². The van der Waals surface area contributed by atoms with Gasteiger partial charge in [-0.1, -0.05) is 6.92 Å². The number of Topliss-reactive ketones (excluding diaryl/α,β-unsaturated/α-hetero) is 1. The molecule has 0 aromatic carbocycles. The second-order valence-corrected chi connectivity index (χ2v) is 11.7. The van der Waals surface area contributed by atoms with Crippen LogP contribution in [0.25, 0.3) is 0 Å². The van der Waals surface area contributed by atoms with Crippen LogP contribution in [0.15, 0.2) is 12.4 Å². The highest BCUT2D eigenvalue weighted by atomic mass is 16.3. The smallest absolute Gasteiger partial charge is 0.138 e. The van der Waals surface area contributed by atoms with Crippen LogP contribution in [0.4, 0.5) is 0 Å². The maximum absolute atomic E-state index is 13.3. The predicted octanol–water partition coefficient (Wildman–Crippen LogP) is 4.73. The quantitative estimate of drug-likeness (QED) is 0.759. The van der Waals surface area contributed by atoms with E-state index in [0.29, 0.717) is 36.1 Å². The van der Waals surface area contributed by atoms with Crippen molar-refractivity contribution < 1.29 is 9.90 Å². The Balaban J connectivity index is 1.25. The monoisotopic (exact) mass is 423 g/mol. The number of aromatic nitrogens is 2. The minimum absolute atomic E-state index is 0.160. The van der Waals surface area contributed by atoms with E-state index in [4.69, 9.17) is 5.26 Å². The van der Waals surface area contributed by atoms with Crippen molar-refractivity contribution in [3.05, 3.63) is 18.0 Å². The van der Waals surface area contributed by atoms with E-state index in [1.54, 1.807) is 17.1 Å². The van der Waals surface area contributed by atoms with Crippen LogP contribution in [0, 0.1) is 52.3 Å². The van der Waals surface area contributed by atoms with Crippen LogP contribution in [-0.2, 0) is 11.3 Å². The molecule has 4 fully saturated rings. The molecular weight excluding hydrogens is 386 g/mol. The first-order valence-corrected chi connectivity index (χ1v) is 12.5. The van der Waals surface area contributed by atoms with Crippen LogP contribution in [-0.4, -0.2) is 26.3 Å². The number of aryl methyl sites for hydroxylation is 1. The Morgan fingerprint density at radius 1 is 1.16 bits per heavy atom. The molecule has 0 aliphatic heterocycles. The molecule has 1 heterocycles. The van der Waals surface area contributed by atoms with Crippen molar-refractivity contribution in [2.45, 2.75) is 90.2 Å². The Morgan fingerprint density at radius 3 is 2.74 bits per heavy atom. The number of carbonyl (C=O) groups excluding carboxylic acids is 1. The maximum Gasteiger partial charge on any atom is 0.138 e. The Bertz CT molecular complexity index is 883. The van der Waals surface area contributed by atoms with Gasteiger partial charge in [0, 0.05) is 25.1 Å². The van der Waals surface area contributed by atoms with E-state index in [2.05, 4.69) is 18.1 Å². The lowest BCUT2D eigenvalue weighted by molar-refractivity contribution is -0.132. The number of hydrogen-bond acceptors (Lipinski definition) is 4. The maximum atomic E-state index is 13.3. The number of ketones is 1. The molecule has 8 atom stereocenters. The topological polar surface area (TPSA) is 78.9 Å². The van der Waals surface area contributed by atoms with Crippen LogP contribution in [0.3, 0.4) is 0 Å². The van der Waals surface area contributed by atoms with Gasteiger partial charge in [-0.2, -0.15) is 10.4 Å². The highest BCUT2D eigenvalue weighted by Gasteiger charge is 2.58. The third-order valence-electron chi connectivity index (χ3n) is 9.98. The summed E-state index contributed by atoms with van der Waals surface area (Å²) < 4.78 is 1.74. The molecule has 0 spiro atoms. The molecule has 31 heavy (non-hydrogen) atoms. The number of hydrogen-bond donors (Lipinski definition) is 1. The number of aliphatic hydroxyl groups is 1. The summed E-state index contributed by atoms with van der Waals surface area (Å²) in [6.45, 7) is 5.03. The van der Waals surface area contributed by atoms with Crippen LogP contribution in [0.1, 0.15) is 83.6 Å². The molecule has 168 valence electrons. The first-order valence-electron chi connectivity index (χ1n) is 12.5. The lowest BCUT2D eigenvalue weighted by atomic mass is 9.49. The van der Waals surface area contributed by atoms with Crippen molar-refractivity contribution >= 4 is 5.78 Å². The van der Waals surface area contributed by atoms with Gasteiger partial charge < -0.3 is 5.11 Å². The molecular formula is C26H37N3O2. The van der Waals surface area contributed by atoms with Crippen molar-refractivity contribution in [3.8, 4) is 6.07 Å². The molecule has 1 aromatic rings. The zero-order valence-electron chi connectivity index (χ0n) is 19.1.